The quantitative estimate of drug-likeness (QED) is 0.730. The highest BCUT2D eigenvalue weighted by atomic mass is 19.4. The van der Waals surface area contributed by atoms with Crippen molar-refractivity contribution in [2.75, 3.05) is 13.7 Å². The van der Waals surface area contributed by atoms with Gasteiger partial charge in [0.15, 0.2) is 0 Å². The number of hydrogen-bond donors (Lipinski definition) is 0. The van der Waals surface area contributed by atoms with Crippen LogP contribution in [0.4, 0.5) is 13.2 Å². The van der Waals surface area contributed by atoms with E-state index in [1.54, 1.807) is 31.4 Å². The van der Waals surface area contributed by atoms with Gasteiger partial charge in [-0.15, -0.1) is 0 Å². The largest absolute Gasteiger partial charge is 0.471 e. The smallest absolute Gasteiger partial charge is 0.385 e. The summed E-state index contributed by atoms with van der Waals surface area (Å²) in [6.07, 6.45) is -3.31. The zero-order valence-electron chi connectivity index (χ0n) is 12.4. The molecule has 2 aromatic rings. The van der Waals surface area contributed by atoms with Gasteiger partial charge in [0.2, 0.25) is 5.82 Å². The Morgan fingerprint density at radius 3 is 2.52 bits per heavy atom. The third-order valence-corrected chi connectivity index (χ3v) is 3.09. The summed E-state index contributed by atoms with van der Waals surface area (Å²) in [4.78, 5) is 15.0. The molecule has 0 aliphatic rings. The van der Waals surface area contributed by atoms with Gasteiger partial charge in [0, 0.05) is 32.1 Å². The Hall–Kier alpha value is -2.22. The molecule has 0 saturated carbocycles. The first kappa shape index (κ1) is 17.1. The summed E-state index contributed by atoms with van der Waals surface area (Å²) in [6.45, 7) is 0.532. The molecule has 0 fully saturated rings. The summed E-state index contributed by atoms with van der Waals surface area (Å²) in [6, 6.07) is 6.44. The van der Waals surface area contributed by atoms with Crippen LogP contribution in [0.3, 0.4) is 0 Å². The average molecular weight is 328 g/mol. The van der Waals surface area contributed by atoms with Gasteiger partial charge < -0.3 is 9.26 Å². The number of nitrogens with zero attached hydrogens (tertiary/aromatic N) is 2. The van der Waals surface area contributed by atoms with Gasteiger partial charge in [-0.25, -0.2) is 0 Å². The van der Waals surface area contributed by atoms with Gasteiger partial charge in [0.25, 0.3) is 0 Å². The van der Waals surface area contributed by atoms with E-state index in [-0.39, 0.29) is 18.0 Å². The fraction of sp³-hybridized carbons (Fsp3) is 0.400. The maximum absolute atomic E-state index is 12.4. The Morgan fingerprint density at radius 2 is 1.96 bits per heavy atom. The van der Waals surface area contributed by atoms with Crippen molar-refractivity contribution in [1.82, 2.24) is 10.1 Å². The topological polar surface area (TPSA) is 65.2 Å². The number of ether oxygens (including phenoxy) is 1. The van der Waals surface area contributed by atoms with Gasteiger partial charge in [0.05, 0.1) is 0 Å². The van der Waals surface area contributed by atoms with Crippen molar-refractivity contribution < 1.29 is 27.2 Å². The lowest BCUT2D eigenvalue weighted by molar-refractivity contribution is -0.159. The van der Waals surface area contributed by atoms with Crippen molar-refractivity contribution in [3.63, 3.8) is 0 Å². The van der Waals surface area contributed by atoms with Gasteiger partial charge >= 0.3 is 12.1 Å². The van der Waals surface area contributed by atoms with Crippen LogP contribution in [0.1, 0.15) is 24.3 Å². The molecule has 0 radical (unpaired) electrons. The van der Waals surface area contributed by atoms with E-state index in [0.717, 1.165) is 5.56 Å². The number of carbonyl (C=O) groups excluding carboxylic acids is 1. The molecule has 23 heavy (non-hydrogen) atoms. The monoisotopic (exact) mass is 328 g/mol. The molecule has 2 rings (SSSR count). The van der Waals surface area contributed by atoms with Crippen molar-refractivity contribution in [1.29, 1.82) is 0 Å². The fourth-order valence-electron chi connectivity index (χ4n) is 1.96. The number of Topliss-reactive ketones (excluding diaryl/α,β-unsaturated/α-hetero) is 1. The molecule has 0 bridgehead atoms. The van der Waals surface area contributed by atoms with E-state index in [1.807, 2.05) is 0 Å². The molecule has 0 unspecified atom stereocenters. The van der Waals surface area contributed by atoms with E-state index in [9.17, 15) is 18.0 Å². The summed E-state index contributed by atoms with van der Waals surface area (Å²) in [5.41, 5.74) is 1.16. The van der Waals surface area contributed by atoms with Crippen LogP contribution < -0.4 is 0 Å². The lowest BCUT2D eigenvalue weighted by Gasteiger charge is -2.02. The van der Waals surface area contributed by atoms with Gasteiger partial charge in [0.1, 0.15) is 5.78 Å². The third-order valence-electron chi connectivity index (χ3n) is 3.09. The molecule has 0 atom stereocenters. The average Bonchev–Trinajstić information content (AvgIpc) is 2.98. The minimum atomic E-state index is -4.67. The first-order chi connectivity index (χ1) is 10.9. The number of carbonyl (C=O) groups is 1. The molecule has 0 spiro atoms. The first-order valence-electron chi connectivity index (χ1n) is 6.91. The standard InChI is InChI=1S/C15H15F3N2O3/c1-22-8-2-3-12(21)9-10-4-6-11(7-5-10)13-19-14(23-20-13)15(16,17)18/h4-7H,2-3,8-9H2,1H3. The Kier molecular flexibility index (Phi) is 5.49. The molecule has 124 valence electrons. The molecule has 0 N–H and O–H groups in total. The molecule has 1 heterocycles. The molecule has 0 saturated heterocycles. The lowest BCUT2D eigenvalue weighted by Crippen LogP contribution is -2.05. The Balaban J connectivity index is 1.99. The number of rotatable bonds is 7. The second kappa shape index (κ2) is 7.36. The van der Waals surface area contributed by atoms with Crippen molar-refractivity contribution in [3.8, 4) is 11.4 Å². The molecule has 8 heteroatoms. The number of hydrogen-bond acceptors (Lipinski definition) is 5. The number of aromatic nitrogens is 2. The Bertz CT molecular complexity index is 651. The van der Waals surface area contributed by atoms with Crippen LogP contribution in [-0.2, 0) is 22.1 Å². The third kappa shape index (κ3) is 4.88. The van der Waals surface area contributed by atoms with Gasteiger partial charge in [-0.3, -0.25) is 4.79 Å². The highest BCUT2D eigenvalue weighted by Gasteiger charge is 2.38. The zero-order valence-corrected chi connectivity index (χ0v) is 12.4. The zero-order chi connectivity index (χ0) is 16.9. The predicted molar refractivity (Wildman–Crippen MR) is 74.6 cm³/mol. The van der Waals surface area contributed by atoms with Crippen molar-refractivity contribution in [2.24, 2.45) is 0 Å². The SMILES string of the molecule is COCCCC(=O)Cc1ccc(-c2noc(C(F)(F)F)n2)cc1. The number of halogens is 3. The summed E-state index contributed by atoms with van der Waals surface area (Å²) >= 11 is 0. The van der Waals surface area contributed by atoms with Crippen LogP contribution in [0.5, 0.6) is 0 Å². The van der Waals surface area contributed by atoms with Gasteiger partial charge in [-0.05, 0) is 12.0 Å². The van der Waals surface area contributed by atoms with E-state index in [4.69, 9.17) is 4.74 Å². The lowest BCUT2D eigenvalue weighted by atomic mass is 10.0. The van der Waals surface area contributed by atoms with E-state index in [0.29, 0.717) is 25.0 Å². The van der Waals surface area contributed by atoms with Crippen LogP contribution in [0.2, 0.25) is 0 Å². The minimum absolute atomic E-state index is 0.0775. The summed E-state index contributed by atoms with van der Waals surface area (Å²) in [7, 11) is 1.57. The number of methoxy groups -OCH3 is 1. The van der Waals surface area contributed by atoms with Gasteiger partial charge in [-0.1, -0.05) is 29.4 Å². The number of ketones is 1. The molecule has 1 aromatic carbocycles. The summed E-state index contributed by atoms with van der Waals surface area (Å²) in [5.74, 6) is -1.45. The number of alkyl halides is 3. The highest BCUT2D eigenvalue weighted by molar-refractivity contribution is 5.81. The van der Waals surface area contributed by atoms with Crippen molar-refractivity contribution in [3.05, 3.63) is 35.7 Å². The molecule has 0 aliphatic carbocycles. The normalized spacial score (nSPS) is 11.7. The predicted octanol–water partition coefficient (Wildman–Crippen LogP) is 3.29. The summed E-state index contributed by atoms with van der Waals surface area (Å²) < 4.78 is 46.3. The van der Waals surface area contributed by atoms with Gasteiger partial charge in [-0.2, -0.15) is 18.2 Å². The van der Waals surface area contributed by atoms with E-state index < -0.39 is 12.1 Å². The maximum atomic E-state index is 12.4. The Labute approximate surface area is 130 Å². The number of benzene rings is 1. The van der Waals surface area contributed by atoms with Crippen molar-refractivity contribution in [2.45, 2.75) is 25.4 Å². The van der Waals surface area contributed by atoms with Crippen LogP contribution >= 0.6 is 0 Å². The highest BCUT2D eigenvalue weighted by Crippen LogP contribution is 2.29. The molecular weight excluding hydrogens is 313 g/mol. The van der Waals surface area contributed by atoms with Crippen LogP contribution in [0, 0.1) is 0 Å². The fourth-order valence-corrected chi connectivity index (χ4v) is 1.96. The van der Waals surface area contributed by atoms with Crippen LogP contribution in [-0.4, -0.2) is 29.6 Å². The van der Waals surface area contributed by atoms with Crippen LogP contribution in [0.15, 0.2) is 28.8 Å². The summed E-state index contributed by atoms with van der Waals surface area (Å²) in [5, 5.41) is 3.31. The van der Waals surface area contributed by atoms with E-state index in [2.05, 4.69) is 14.7 Å². The molecular formula is C15H15F3N2O3. The second-order valence-electron chi connectivity index (χ2n) is 4.93. The molecule has 0 aliphatic heterocycles. The second-order valence-corrected chi connectivity index (χ2v) is 4.93. The van der Waals surface area contributed by atoms with E-state index in [1.165, 1.54) is 0 Å². The molecule has 1 aromatic heterocycles. The van der Waals surface area contributed by atoms with Crippen LogP contribution in [0.25, 0.3) is 11.4 Å². The maximum Gasteiger partial charge on any atom is 0.471 e. The molecule has 5 nitrogen and oxygen atoms in total. The van der Waals surface area contributed by atoms with E-state index >= 15 is 0 Å². The Morgan fingerprint density at radius 1 is 1.26 bits per heavy atom. The van der Waals surface area contributed by atoms with Crippen molar-refractivity contribution >= 4 is 5.78 Å². The minimum Gasteiger partial charge on any atom is -0.385 e. The first-order valence-corrected chi connectivity index (χ1v) is 6.91. The molecule has 0 amide bonds.